The lowest BCUT2D eigenvalue weighted by molar-refractivity contribution is -0.129. The third kappa shape index (κ3) is 4.06. The fraction of sp³-hybridized carbons (Fsp3) is 0.588. The van der Waals surface area contributed by atoms with Crippen LogP contribution in [-0.4, -0.2) is 60.7 Å². The van der Waals surface area contributed by atoms with E-state index in [0.29, 0.717) is 43.9 Å². The van der Waals surface area contributed by atoms with Crippen molar-refractivity contribution in [3.8, 4) is 0 Å². The summed E-state index contributed by atoms with van der Waals surface area (Å²) in [6.45, 7) is 2.63. The van der Waals surface area contributed by atoms with Gasteiger partial charge < -0.3 is 16.0 Å². The van der Waals surface area contributed by atoms with Gasteiger partial charge >= 0.3 is 0 Å². The summed E-state index contributed by atoms with van der Waals surface area (Å²) in [5, 5.41) is 3.06. The van der Waals surface area contributed by atoms with E-state index in [-0.39, 0.29) is 11.5 Å². The molecule has 0 bridgehead atoms. The number of thiophene rings is 1. The lowest BCUT2D eigenvalue weighted by atomic mass is 10.0. The largest absolute Gasteiger partial charge is 0.365 e. The normalized spacial score (nSPS) is 20.5. The number of nitrogens with one attached hydrogen (secondary N) is 1. The quantitative estimate of drug-likeness (QED) is 0.721. The first-order valence-corrected chi connectivity index (χ1v) is 11.7. The number of hydrogen-bond donors (Lipinski definition) is 2. The SMILES string of the molecule is CC(=O)N1CCc2c(sc(NC(=O)C3CCCCN3S(C)(=O)=O)c2C(N)=O)C1. The molecule has 154 valence electrons. The summed E-state index contributed by atoms with van der Waals surface area (Å²) >= 11 is 1.22. The van der Waals surface area contributed by atoms with Crippen LogP contribution < -0.4 is 11.1 Å². The Labute approximate surface area is 167 Å². The van der Waals surface area contributed by atoms with Crippen molar-refractivity contribution in [2.45, 2.75) is 45.2 Å². The van der Waals surface area contributed by atoms with Gasteiger partial charge in [0.25, 0.3) is 5.91 Å². The lowest BCUT2D eigenvalue weighted by Crippen LogP contribution is -2.49. The Kier molecular flexibility index (Phi) is 5.78. The molecule has 1 unspecified atom stereocenters. The van der Waals surface area contributed by atoms with Gasteiger partial charge in [0.1, 0.15) is 11.0 Å². The molecular formula is C17H24N4O5S2. The third-order valence-electron chi connectivity index (χ3n) is 5.17. The predicted molar refractivity (Wildman–Crippen MR) is 105 cm³/mol. The molecule has 2 aliphatic rings. The highest BCUT2D eigenvalue weighted by molar-refractivity contribution is 7.88. The minimum absolute atomic E-state index is 0.0590. The maximum atomic E-state index is 12.9. The average Bonchev–Trinajstić information content (AvgIpc) is 2.97. The molecule has 1 aromatic heterocycles. The average molecular weight is 429 g/mol. The number of fused-ring (bicyclic) bond motifs is 1. The third-order valence-corrected chi connectivity index (χ3v) is 7.59. The summed E-state index contributed by atoms with van der Waals surface area (Å²) in [6.07, 6.45) is 3.46. The van der Waals surface area contributed by atoms with E-state index in [1.807, 2.05) is 0 Å². The molecule has 2 aliphatic heterocycles. The van der Waals surface area contributed by atoms with Gasteiger partial charge in [-0.05, 0) is 24.8 Å². The second-order valence-corrected chi connectivity index (χ2v) is 10.2. The number of nitrogens with two attached hydrogens (primary N) is 1. The summed E-state index contributed by atoms with van der Waals surface area (Å²) < 4.78 is 25.3. The first-order chi connectivity index (χ1) is 13.1. The molecule has 3 heterocycles. The topological polar surface area (TPSA) is 130 Å². The Morgan fingerprint density at radius 2 is 1.93 bits per heavy atom. The molecule has 28 heavy (non-hydrogen) atoms. The van der Waals surface area contributed by atoms with Crippen LogP contribution in [0.1, 0.15) is 47.0 Å². The van der Waals surface area contributed by atoms with Crippen molar-refractivity contribution in [2.75, 3.05) is 24.7 Å². The zero-order valence-electron chi connectivity index (χ0n) is 15.9. The van der Waals surface area contributed by atoms with Crippen LogP contribution in [0.15, 0.2) is 0 Å². The number of amides is 3. The fourth-order valence-electron chi connectivity index (χ4n) is 3.78. The number of sulfonamides is 1. The van der Waals surface area contributed by atoms with Gasteiger partial charge in [0.2, 0.25) is 21.8 Å². The molecule has 1 saturated heterocycles. The van der Waals surface area contributed by atoms with E-state index >= 15 is 0 Å². The summed E-state index contributed by atoms with van der Waals surface area (Å²) in [6, 6.07) is -0.808. The number of carbonyl (C=O) groups excluding carboxylic acids is 3. The van der Waals surface area contributed by atoms with Crippen molar-refractivity contribution >= 4 is 44.1 Å². The number of hydrogen-bond acceptors (Lipinski definition) is 6. The van der Waals surface area contributed by atoms with E-state index in [9.17, 15) is 22.8 Å². The molecule has 1 atom stereocenters. The van der Waals surface area contributed by atoms with Crippen molar-refractivity contribution in [3.63, 3.8) is 0 Å². The summed E-state index contributed by atoms with van der Waals surface area (Å²) in [5.74, 6) is -1.17. The molecule has 11 heteroatoms. The molecule has 3 N–H and O–H groups in total. The van der Waals surface area contributed by atoms with Gasteiger partial charge in [-0.15, -0.1) is 11.3 Å². The van der Waals surface area contributed by atoms with Gasteiger partial charge in [0.15, 0.2) is 0 Å². The number of piperidine rings is 1. The fourth-order valence-corrected chi connectivity index (χ4v) is 6.18. The molecule has 0 spiro atoms. The maximum Gasteiger partial charge on any atom is 0.251 e. The first-order valence-electron chi connectivity index (χ1n) is 9.07. The van der Waals surface area contributed by atoms with Crippen molar-refractivity contribution in [1.82, 2.24) is 9.21 Å². The van der Waals surface area contributed by atoms with Crippen molar-refractivity contribution in [2.24, 2.45) is 5.73 Å². The highest BCUT2D eigenvalue weighted by Crippen LogP contribution is 2.37. The molecule has 0 radical (unpaired) electrons. The van der Waals surface area contributed by atoms with Crippen molar-refractivity contribution in [1.29, 1.82) is 0 Å². The monoisotopic (exact) mass is 428 g/mol. The molecule has 1 fully saturated rings. The summed E-state index contributed by atoms with van der Waals surface area (Å²) in [7, 11) is -3.52. The van der Waals surface area contributed by atoms with Crippen LogP contribution in [0.3, 0.4) is 0 Å². The van der Waals surface area contributed by atoms with Crippen LogP contribution in [-0.2, 0) is 32.6 Å². The molecule has 0 aliphatic carbocycles. The zero-order chi connectivity index (χ0) is 20.6. The zero-order valence-corrected chi connectivity index (χ0v) is 17.5. The predicted octanol–water partition coefficient (Wildman–Crippen LogP) is 0.504. The van der Waals surface area contributed by atoms with E-state index in [1.54, 1.807) is 4.90 Å². The van der Waals surface area contributed by atoms with Crippen molar-refractivity contribution < 1.29 is 22.8 Å². The number of nitrogens with zero attached hydrogens (tertiary/aromatic N) is 2. The Balaban J connectivity index is 1.88. The van der Waals surface area contributed by atoms with E-state index in [4.69, 9.17) is 5.73 Å². The van der Waals surface area contributed by atoms with Crippen LogP contribution in [0.4, 0.5) is 5.00 Å². The van der Waals surface area contributed by atoms with Crippen LogP contribution in [0, 0.1) is 0 Å². The number of anilines is 1. The van der Waals surface area contributed by atoms with E-state index < -0.39 is 27.9 Å². The van der Waals surface area contributed by atoms with Crippen LogP contribution >= 0.6 is 11.3 Å². The molecular weight excluding hydrogens is 404 g/mol. The molecule has 0 aromatic carbocycles. The van der Waals surface area contributed by atoms with Gasteiger partial charge in [-0.25, -0.2) is 8.42 Å². The highest BCUT2D eigenvalue weighted by atomic mass is 32.2. The van der Waals surface area contributed by atoms with Gasteiger partial charge in [-0.2, -0.15) is 4.31 Å². The lowest BCUT2D eigenvalue weighted by Gasteiger charge is -2.32. The van der Waals surface area contributed by atoms with Gasteiger partial charge in [0.05, 0.1) is 18.4 Å². The Hall–Kier alpha value is -1.98. The summed E-state index contributed by atoms with van der Waals surface area (Å²) in [5.41, 5.74) is 6.58. The Morgan fingerprint density at radius 3 is 2.54 bits per heavy atom. The minimum Gasteiger partial charge on any atom is -0.365 e. The number of rotatable bonds is 4. The van der Waals surface area contributed by atoms with Gasteiger partial charge in [-0.3, -0.25) is 14.4 Å². The second kappa shape index (κ2) is 7.80. The maximum absolute atomic E-state index is 12.9. The minimum atomic E-state index is -3.52. The molecule has 9 nitrogen and oxygen atoms in total. The van der Waals surface area contributed by atoms with E-state index in [1.165, 1.54) is 22.6 Å². The first kappa shape index (κ1) is 20.7. The molecule has 3 amide bonds. The van der Waals surface area contributed by atoms with Crippen LogP contribution in [0.5, 0.6) is 0 Å². The van der Waals surface area contributed by atoms with Gasteiger partial charge in [0, 0.05) is 24.9 Å². The Bertz CT molecular complexity index is 924. The van der Waals surface area contributed by atoms with E-state index in [0.717, 1.165) is 23.1 Å². The van der Waals surface area contributed by atoms with Gasteiger partial charge in [-0.1, -0.05) is 6.42 Å². The van der Waals surface area contributed by atoms with E-state index in [2.05, 4.69) is 5.32 Å². The molecule has 0 saturated carbocycles. The standard InChI is InChI=1S/C17H24N4O5S2/c1-10(22)20-8-6-11-13(9-20)27-17(14(11)15(18)23)19-16(24)12-5-3-4-7-21(12)28(2,25)26/h12H,3-9H2,1-2H3,(H2,18,23)(H,19,24). The van der Waals surface area contributed by atoms with Crippen LogP contribution in [0.25, 0.3) is 0 Å². The number of carbonyl (C=O) groups is 3. The number of primary amides is 1. The molecule has 1 aromatic rings. The van der Waals surface area contributed by atoms with Crippen molar-refractivity contribution in [3.05, 3.63) is 16.0 Å². The van der Waals surface area contributed by atoms with Crippen LogP contribution in [0.2, 0.25) is 0 Å². The second-order valence-electron chi connectivity index (χ2n) is 7.14. The highest BCUT2D eigenvalue weighted by Gasteiger charge is 2.36. The molecule has 3 rings (SSSR count). The smallest absolute Gasteiger partial charge is 0.251 e. The summed E-state index contributed by atoms with van der Waals surface area (Å²) in [4.78, 5) is 39.0. The Morgan fingerprint density at radius 1 is 1.21 bits per heavy atom.